The monoisotopic (exact) mass is 187 g/mol. The summed E-state index contributed by atoms with van der Waals surface area (Å²) in [4.78, 5) is 11.6. The summed E-state index contributed by atoms with van der Waals surface area (Å²) in [6.07, 6.45) is 2.83. The standard InChI is InChI=1S/C12H13NO/c1-9-7-8-11(12(9)14)13-10-5-3-2-4-6-10/h2-6,8-9,13H,7H2,1H3. The maximum atomic E-state index is 11.6. The molecule has 0 saturated heterocycles. The molecule has 1 N–H and O–H groups in total. The van der Waals surface area contributed by atoms with E-state index in [1.807, 2.05) is 43.3 Å². The van der Waals surface area contributed by atoms with Crippen LogP contribution in [0.1, 0.15) is 13.3 Å². The van der Waals surface area contributed by atoms with Gasteiger partial charge in [-0.1, -0.05) is 31.2 Å². The number of Topliss-reactive ketones (excluding diaryl/α,β-unsaturated/α-hetero) is 1. The first-order chi connectivity index (χ1) is 6.77. The number of allylic oxidation sites excluding steroid dienone is 2. The van der Waals surface area contributed by atoms with Crippen molar-refractivity contribution in [1.82, 2.24) is 0 Å². The second kappa shape index (κ2) is 3.66. The minimum Gasteiger partial charge on any atom is -0.353 e. The Balaban J connectivity index is 2.10. The van der Waals surface area contributed by atoms with Crippen molar-refractivity contribution in [1.29, 1.82) is 0 Å². The molecule has 0 bridgehead atoms. The summed E-state index contributed by atoms with van der Waals surface area (Å²) in [5.74, 6) is 0.357. The predicted molar refractivity (Wildman–Crippen MR) is 56.9 cm³/mol. The lowest BCUT2D eigenvalue weighted by atomic mass is 10.1. The molecular formula is C12H13NO. The van der Waals surface area contributed by atoms with Crippen LogP contribution in [0.4, 0.5) is 5.69 Å². The highest BCUT2D eigenvalue weighted by Gasteiger charge is 2.22. The van der Waals surface area contributed by atoms with Gasteiger partial charge < -0.3 is 5.32 Å². The summed E-state index contributed by atoms with van der Waals surface area (Å²) in [5, 5.41) is 3.13. The molecule has 72 valence electrons. The van der Waals surface area contributed by atoms with Crippen LogP contribution in [0.25, 0.3) is 0 Å². The molecule has 0 aliphatic heterocycles. The van der Waals surface area contributed by atoms with E-state index in [0.717, 1.165) is 17.8 Å². The van der Waals surface area contributed by atoms with E-state index in [-0.39, 0.29) is 11.7 Å². The van der Waals surface area contributed by atoms with Gasteiger partial charge in [0.15, 0.2) is 5.78 Å². The first kappa shape index (κ1) is 9.00. The highest BCUT2D eigenvalue weighted by Crippen LogP contribution is 2.21. The minimum atomic E-state index is 0.140. The Morgan fingerprint density at radius 2 is 2.00 bits per heavy atom. The molecule has 2 rings (SSSR count). The fourth-order valence-corrected chi connectivity index (χ4v) is 1.56. The van der Waals surface area contributed by atoms with Crippen molar-refractivity contribution in [3.63, 3.8) is 0 Å². The first-order valence-corrected chi connectivity index (χ1v) is 4.84. The highest BCUT2D eigenvalue weighted by molar-refractivity contribution is 6.01. The van der Waals surface area contributed by atoms with Gasteiger partial charge in [-0.05, 0) is 18.6 Å². The van der Waals surface area contributed by atoms with Crippen molar-refractivity contribution in [3.8, 4) is 0 Å². The molecule has 0 radical (unpaired) electrons. The van der Waals surface area contributed by atoms with E-state index in [2.05, 4.69) is 5.32 Å². The van der Waals surface area contributed by atoms with E-state index in [4.69, 9.17) is 0 Å². The van der Waals surface area contributed by atoms with Crippen LogP contribution < -0.4 is 5.32 Å². The van der Waals surface area contributed by atoms with Crippen molar-refractivity contribution in [2.75, 3.05) is 5.32 Å². The number of nitrogens with one attached hydrogen (secondary N) is 1. The third-order valence-electron chi connectivity index (χ3n) is 2.44. The van der Waals surface area contributed by atoms with Crippen LogP contribution in [0.3, 0.4) is 0 Å². The summed E-state index contributed by atoms with van der Waals surface area (Å²) in [6.45, 7) is 1.96. The van der Waals surface area contributed by atoms with Gasteiger partial charge >= 0.3 is 0 Å². The Morgan fingerprint density at radius 1 is 1.29 bits per heavy atom. The Kier molecular flexibility index (Phi) is 2.35. The molecule has 0 fully saturated rings. The minimum absolute atomic E-state index is 0.140. The van der Waals surface area contributed by atoms with Crippen LogP contribution in [0.5, 0.6) is 0 Å². The number of hydrogen-bond donors (Lipinski definition) is 1. The van der Waals surface area contributed by atoms with Gasteiger partial charge in [-0.25, -0.2) is 0 Å². The van der Waals surface area contributed by atoms with E-state index in [0.29, 0.717) is 0 Å². The second-order valence-electron chi connectivity index (χ2n) is 3.61. The van der Waals surface area contributed by atoms with Gasteiger partial charge in [0.2, 0.25) is 0 Å². The number of carbonyl (C=O) groups excluding carboxylic acids is 1. The zero-order valence-electron chi connectivity index (χ0n) is 8.16. The summed E-state index contributed by atoms with van der Waals surface area (Å²) < 4.78 is 0. The van der Waals surface area contributed by atoms with Gasteiger partial charge in [0.1, 0.15) is 0 Å². The zero-order chi connectivity index (χ0) is 9.97. The predicted octanol–water partition coefficient (Wildman–Crippen LogP) is 2.59. The highest BCUT2D eigenvalue weighted by atomic mass is 16.1. The molecule has 1 aromatic carbocycles. The van der Waals surface area contributed by atoms with Gasteiger partial charge in [-0.15, -0.1) is 0 Å². The topological polar surface area (TPSA) is 29.1 Å². The molecule has 1 aliphatic rings. The van der Waals surface area contributed by atoms with Gasteiger partial charge in [-0.2, -0.15) is 0 Å². The Bertz CT molecular complexity index is 367. The van der Waals surface area contributed by atoms with E-state index in [1.165, 1.54) is 0 Å². The molecule has 0 saturated carbocycles. The fourth-order valence-electron chi connectivity index (χ4n) is 1.56. The average molecular weight is 187 g/mol. The smallest absolute Gasteiger partial charge is 0.181 e. The SMILES string of the molecule is CC1CC=C(Nc2ccccc2)C1=O. The summed E-state index contributed by atoms with van der Waals surface area (Å²) in [5.41, 5.74) is 1.71. The van der Waals surface area contributed by atoms with Crippen molar-refractivity contribution in [3.05, 3.63) is 42.1 Å². The average Bonchev–Trinajstić information content (AvgIpc) is 2.52. The molecule has 14 heavy (non-hydrogen) atoms. The van der Waals surface area contributed by atoms with Crippen LogP contribution in [-0.4, -0.2) is 5.78 Å². The zero-order valence-corrected chi connectivity index (χ0v) is 8.16. The molecule has 2 nitrogen and oxygen atoms in total. The number of rotatable bonds is 2. The summed E-state index contributed by atoms with van der Waals surface area (Å²) in [7, 11) is 0. The van der Waals surface area contributed by atoms with Crippen molar-refractivity contribution in [2.45, 2.75) is 13.3 Å². The second-order valence-corrected chi connectivity index (χ2v) is 3.61. The molecule has 0 heterocycles. The molecular weight excluding hydrogens is 174 g/mol. The lowest BCUT2D eigenvalue weighted by molar-refractivity contribution is -0.117. The number of ketones is 1. The lowest BCUT2D eigenvalue weighted by Crippen LogP contribution is -2.12. The maximum absolute atomic E-state index is 11.6. The van der Waals surface area contributed by atoms with Gasteiger partial charge in [0.05, 0.1) is 5.70 Å². The third-order valence-corrected chi connectivity index (χ3v) is 2.44. The number of benzene rings is 1. The molecule has 0 amide bonds. The largest absolute Gasteiger partial charge is 0.353 e. The molecule has 1 aliphatic carbocycles. The van der Waals surface area contributed by atoms with Crippen LogP contribution in [-0.2, 0) is 4.79 Å². The molecule has 0 aromatic heterocycles. The van der Waals surface area contributed by atoms with Gasteiger partial charge in [0.25, 0.3) is 0 Å². The Morgan fingerprint density at radius 3 is 2.57 bits per heavy atom. The summed E-state index contributed by atoms with van der Waals surface area (Å²) >= 11 is 0. The Labute approximate surface area is 83.6 Å². The molecule has 0 spiro atoms. The quantitative estimate of drug-likeness (QED) is 0.771. The lowest BCUT2D eigenvalue weighted by Gasteiger charge is -2.06. The summed E-state index contributed by atoms with van der Waals surface area (Å²) in [6, 6.07) is 9.77. The van der Waals surface area contributed by atoms with Crippen LogP contribution in [0, 0.1) is 5.92 Å². The van der Waals surface area contributed by atoms with E-state index in [1.54, 1.807) is 0 Å². The van der Waals surface area contributed by atoms with Crippen molar-refractivity contribution in [2.24, 2.45) is 5.92 Å². The maximum Gasteiger partial charge on any atom is 0.181 e. The molecule has 2 heteroatoms. The van der Waals surface area contributed by atoms with Gasteiger partial charge in [0, 0.05) is 11.6 Å². The van der Waals surface area contributed by atoms with E-state index in [9.17, 15) is 4.79 Å². The molecule has 1 aromatic rings. The van der Waals surface area contributed by atoms with Crippen LogP contribution >= 0.6 is 0 Å². The third kappa shape index (κ3) is 1.69. The van der Waals surface area contributed by atoms with Crippen molar-refractivity contribution >= 4 is 11.5 Å². The number of hydrogen-bond acceptors (Lipinski definition) is 2. The normalized spacial score (nSPS) is 20.8. The fraction of sp³-hybridized carbons (Fsp3) is 0.250. The molecule has 1 unspecified atom stereocenters. The van der Waals surface area contributed by atoms with E-state index >= 15 is 0 Å². The first-order valence-electron chi connectivity index (χ1n) is 4.84. The number of para-hydroxylation sites is 1. The number of anilines is 1. The molecule has 1 atom stereocenters. The Hall–Kier alpha value is -1.57. The van der Waals surface area contributed by atoms with Gasteiger partial charge in [-0.3, -0.25) is 4.79 Å². The van der Waals surface area contributed by atoms with Crippen LogP contribution in [0.15, 0.2) is 42.1 Å². The van der Waals surface area contributed by atoms with E-state index < -0.39 is 0 Å². The van der Waals surface area contributed by atoms with Crippen molar-refractivity contribution < 1.29 is 4.79 Å². The number of carbonyl (C=O) groups is 1. The van der Waals surface area contributed by atoms with Crippen LogP contribution in [0.2, 0.25) is 0 Å².